The SMILES string of the molecule is CCC(C)C(=O)O[C@@H](C)CC. The van der Waals surface area contributed by atoms with Gasteiger partial charge in [-0.05, 0) is 19.8 Å². The summed E-state index contributed by atoms with van der Waals surface area (Å²) in [7, 11) is 0. The lowest BCUT2D eigenvalue weighted by molar-refractivity contribution is -0.152. The fourth-order valence-corrected chi connectivity index (χ4v) is 0.564. The van der Waals surface area contributed by atoms with Crippen molar-refractivity contribution in [1.82, 2.24) is 0 Å². The van der Waals surface area contributed by atoms with Crippen LogP contribution >= 0.6 is 0 Å². The lowest BCUT2D eigenvalue weighted by Crippen LogP contribution is -2.19. The first-order valence-electron chi connectivity index (χ1n) is 4.32. The van der Waals surface area contributed by atoms with Crippen molar-refractivity contribution in [3.8, 4) is 0 Å². The molecule has 0 rings (SSSR count). The van der Waals surface area contributed by atoms with Gasteiger partial charge in [-0.3, -0.25) is 4.79 Å². The van der Waals surface area contributed by atoms with Crippen LogP contribution in [0.15, 0.2) is 0 Å². The van der Waals surface area contributed by atoms with Crippen LogP contribution < -0.4 is 0 Å². The van der Waals surface area contributed by atoms with E-state index in [0.29, 0.717) is 0 Å². The van der Waals surface area contributed by atoms with Gasteiger partial charge in [-0.15, -0.1) is 0 Å². The van der Waals surface area contributed by atoms with Gasteiger partial charge in [0, 0.05) is 0 Å². The van der Waals surface area contributed by atoms with E-state index in [1.54, 1.807) is 0 Å². The second-order valence-electron chi connectivity index (χ2n) is 2.97. The number of carbonyl (C=O) groups excluding carboxylic acids is 1. The molecule has 11 heavy (non-hydrogen) atoms. The number of hydrogen-bond donors (Lipinski definition) is 0. The number of rotatable bonds is 4. The highest BCUT2D eigenvalue weighted by Gasteiger charge is 2.13. The summed E-state index contributed by atoms with van der Waals surface area (Å²) in [6.07, 6.45) is 1.81. The molecule has 0 aliphatic rings. The van der Waals surface area contributed by atoms with E-state index in [1.807, 2.05) is 27.7 Å². The Morgan fingerprint density at radius 2 is 1.82 bits per heavy atom. The van der Waals surface area contributed by atoms with E-state index in [2.05, 4.69) is 0 Å². The lowest BCUT2D eigenvalue weighted by Gasteiger charge is -2.13. The van der Waals surface area contributed by atoms with Gasteiger partial charge < -0.3 is 4.74 Å². The fraction of sp³-hybridized carbons (Fsp3) is 0.889. The Morgan fingerprint density at radius 1 is 1.27 bits per heavy atom. The zero-order chi connectivity index (χ0) is 8.85. The number of ether oxygens (including phenoxy) is 1. The Balaban J connectivity index is 3.68. The van der Waals surface area contributed by atoms with Crippen molar-refractivity contribution >= 4 is 5.97 Å². The van der Waals surface area contributed by atoms with Crippen molar-refractivity contribution in [2.24, 2.45) is 5.92 Å². The normalized spacial score (nSPS) is 15.6. The molecule has 0 aliphatic heterocycles. The van der Waals surface area contributed by atoms with Gasteiger partial charge in [-0.2, -0.15) is 0 Å². The van der Waals surface area contributed by atoms with Gasteiger partial charge >= 0.3 is 5.97 Å². The molecule has 2 atom stereocenters. The number of esters is 1. The summed E-state index contributed by atoms with van der Waals surface area (Å²) in [5.41, 5.74) is 0. The molecular weight excluding hydrogens is 140 g/mol. The van der Waals surface area contributed by atoms with Gasteiger partial charge in [0.2, 0.25) is 0 Å². The monoisotopic (exact) mass is 158 g/mol. The van der Waals surface area contributed by atoms with Crippen LogP contribution in [0.2, 0.25) is 0 Å². The maximum Gasteiger partial charge on any atom is 0.308 e. The topological polar surface area (TPSA) is 26.3 Å². The Morgan fingerprint density at radius 3 is 2.18 bits per heavy atom. The highest BCUT2D eigenvalue weighted by molar-refractivity contribution is 5.72. The summed E-state index contributed by atoms with van der Waals surface area (Å²) in [6.45, 7) is 7.81. The maximum absolute atomic E-state index is 11.1. The average molecular weight is 158 g/mol. The van der Waals surface area contributed by atoms with Crippen LogP contribution in [0.3, 0.4) is 0 Å². The molecule has 0 bridgehead atoms. The molecule has 0 saturated heterocycles. The standard InChI is InChI=1S/C9H18O2/c1-5-7(3)9(10)11-8(4)6-2/h7-8H,5-6H2,1-4H3/t7?,8-/m0/s1. The summed E-state index contributed by atoms with van der Waals surface area (Å²) in [5.74, 6) is -0.0224. The third kappa shape index (κ3) is 4.02. The molecule has 0 aromatic heterocycles. The molecule has 0 aromatic rings. The molecule has 0 amide bonds. The highest BCUT2D eigenvalue weighted by Crippen LogP contribution is 2.06. The predicted molar refractivity (Wildman–Crippen MR) is 45.3 cm³/mol. The molecule has 0 fully saturated rings. The van der Waals surface area contributed by atoms with Crippen LogP contribution in [0.4, 0.5) is 0 Å². The average Bonchev–Trinajstić information content (AvgIpc) is 2.02. The van der Waals surface area contributed by atoms with E-state index in [1.165, 1.54) is 0 Å². The van der Waals surface area contributed by atoms with Gasteiger partial charge in [0.15, 0.2) is 0 Å². The molecule has 0 N–H and O–H groups in total. The Labute approximate surface area is 68.9 Å². The van der Waals surface area contributed by atoms with Crippen LogP contribution in [0.1, 0.15) is 40.5 Å². The van der Waals surface area contributed by atoms with E-state index in [-0.39, 0.29) is 18.0 Å². The van der Waals surface area contributed by atoms with Crippen molar-refractivity contribution in [2.45, 2.75) is 46.6 Å². The molecule has 2 nitrogen and oxygen atoms in total. The van der Waals surface area contributed by atoms with Crippen LogP contribution in [-0.4, -0.2) is 12.1 Å². The number of hydrogen-bond acceptors (Lipinski definition) is 2. The summed E-state index contributed by atoms with van der Waals surface area (Å²) in [5, 5.41) is 0. The highest BCUT2D eigenvalue weighted by atomic mass is 16.5. The van der Waals surface area contributed by atoms with Crippen molar-refractivity contribution in [1.29, 1.82) is 0 Å². The Bertz CT molecular complexity index is 121. The molecule has 0 spiro atoms. The van der Waals surface area contributed by atoms with Gasteiger partial charge in [-0.1, -0.05) is 20.8 Å². The van der Waals surface area contributed by atoms with Crippen molar-refractivity contribution in [3.63, 3.8) is 0 Å². The first-order chi connectivity index (χ1) is 5.11. The second-order valence-corrected chi connectivity index (χ2v) is 2.97. The summed E-state index contributed by atoms with van der Waals surface area (Å²) in [6, 6.07) is 0. The van der Waals surface area contributed by atoms with E-state index in [4.69, 9.17) is 4.74 Å². The third-order valence-electron chi connectivity index (χ3n) is 1.91. The zero-order valence-corrected chi connectivity index (χ0v) is 7.89. The fourth-order valence-electron chi connectivity index (χ4n) is 0.564. The van der Waals surface area contributed by atoms with E-state index in [9.17, 15) is 4.79 Å². The minimum atomic E-state index is -0.0677. The van der Waals surface area contributed by atoms with Crippen molar-refractivity contribution in [3.05, 3.63) is 0 Å². The zero-order valence-electron chi connectivity index (χ0n) is 7.89. The molecule has 2 heteroatoms. The van der Waals surface area contributed by atoms with Crippen molar-refractivity contribution in [2.75, 3.05) is 0 Å². The van der Waals surface area contributed by atoms with Gasteiger partial charge in [0.25, 0.3) is 0 Å². The van der Waals surface area contributed by atoms with Gasteiger partial charge in [0.05, 0.1) is 12.0 Å². The first-order valence-corrected chi connectivity index (χ1v) is 4.32. The lowest BCUT2D eigenvalue weighted by atomic mass is 10.1. The molecule has 1 unspecified atom stereocenters. The van der Waals surface area contributed by atoms with E-state index >= 15 is 0 Å². The third-order valence-corrected chi connectivity index (χ3v) is 1.91. The minimum Gasteiger partial charge on any atom is -0.462 e. The molecule has 0 aromatic carbocycles. The minimum absolute atomic E-state index is 0.0454. The molecule has 0 heterocycles. The largest absolute Gasteiger partial charge is 0.462 e. The molecule has 66 valence electrons. The van der Waals surface area contributed by atoms with Crippen LogP contribution in [0.25, 0.3) is 0 Å². The maximum atomic E-state index is 11.1. The first kappa shape index (κ1) is 10.5. The Hall–Kier alpha value is -0.530. The molecule has 0 saturated carbocycles. The van der Waals surface area contributed by atoms with Crippen molar-refractivity contribution < 1.29 is 9.53 Å². The van der Waals surface area contributed by atoms with Gasteiger partial charge in [-0.25, -0.2) is 0 Å². The number of carbonyl (C=O) groups is 1. The summed E-state index contributed by atoms with van der Waals surface area (Å²) < 4.78 is 5.11. The van der Waals surface area contributed by atoms with Crippen LogP contribution in [0.5, 0.6) is 0 Å². The van der Waals surface area contributed by atoms with Crippen LogP contribution in [-0.2, 0) is 9.53 Å². The van der Waals surface area contributed by atoms with Gasteiger partial charge in [0.1, 0.15) is 0 Å². The Kier molecular flexibility index (Phi) is 4.92. The second kappa shape index (κ2) is 5.16. The summed E-state index contributed by atoms with van der Waals surface area (Å²) >= 11 is 0. The van der Waals surface area contributed by atoms with E-state index in [0.717, 1.165) is 12.8 Å². The molecule has 0 radical (unpaired) electrons. The van der Waals surface area contributed by atoms with E-state index < -0.39 is 0 Å². The molecule has 0 aliphatic carbocycles. The summed E-state index contributed by atoms with van der Waals surface area (Å²) in [4.78, 5) is 11.1. The quantitative estimate of drug-likeness (QED) is 0.587. The smallest absolute Gasteiger partial charge is 0.308 e. The molecular formula is C9H18O2. The predicted octanol–water partition coefficient (Wildman–Crippen LogP) is 2.37. The van der Waals surface area contributed by atoms with Crippen LogP contribution in [0, 0.1) is 5.92 Å².